The van der Waals surface area contributed by atoms with Crippen molar-refractivity contribution in [3.8, 4) is 0 Å². The number of aromatic nitrogens is 2. The molecule has 1 saturated carbocycles. The highest BCUT2D eigenvalue weighted by atomic mass is 79.9. The Morgan fingerprint density at radius 1 is 1.62 bits per heavy atom. The summed E-state index contributed by atoms with van der Waals surface area (Å²) in [6, 6.07) is 0. The van der Waals surface area contributed by atoms with Crippen LogP contribution < -0.4 is 11.0 Å². The lowest BCUT2D eigenvalue weighted by atomic mass is 10.4. The number of nitrogens with one attached hydrogen (secondary N) is 1. The van der Waals surface area contributed by atoms with Crippen molar-refractivity contribution in [3.63, 3.8) is 0 Å². The van der Waals surface area contributed by atoms with E-state index >= 15 is 0 Å². The quantitative estimate of drug-likeness (QED) is 0.848. The van der Waals surface area contributed by atoms with Crippen LogP contribution in [-0.2, 0) is 6.54 Å². The highest BCUT2D eigenvalue weighted by Crippen LogP contribution is 2.30. The Hall–Kier alpha value is -0.880. The summed E-state index contributed by atoms with van der Waals surface area (Å²) in [5.41, 5.74) is 3.65. The molecule has 88 valence electrons. The lowest BCUT2D eigenvalue weighted by Gasteiger charge is -2.15. The molecule has 0 spiro atoms. The standard InChI is InChI=1S/C10H15BrN4O/c1-14(2)13-8-5-12-15(6-7-3-4-7)10(16)9(8)11/h5,7,13H,3-4,6H2,1-2H3. The van der Waals surface area contributed by atoms with Gasteiger partial charge in [0.15, 0.2) is 0 Å². The molecule has 1 fully saturated rings. The van der Waals surface area contributed by atoms with Gasteiger partial charge in [-0.15, -0.1) is 0 Å². The van der Waals surface area contributed by atoms with Gasteiger partial charge in [-0.05, 0) is 34.7 Å². The highest BCUT2D eigenvalue weighted by molar-refractivity contribution is 9.10. The Kier molecular flexibility index (Phi) is 3.30. The van der Waals surface area contributed by atoms with Crippen LogP contribution in [0.2, 0.25) is 0 Å². The summed E-state index contributed by atoms with van der Waals surface area (Å²) in [5, 5.41) is 5.93. The molecule has 0 unspecified atom stereocenters. The number of hydrazine groups is 1. The van der Waals surface area contributed by atoms with Crippen LogP contribution in [0, 0.1) is 5.92 Å². The van der Waals surface area contributed by atoms with Gasteiger partial charge < -0.3 is 5.43 Å². The minimum atomic E-state index is -0.0706. The molecule has 5 nitrogen and oxygen atoms in total. The van der Waals surface area contributed by atoms with Gasteiger partial charge in [-0.1, -0.05) is 0 Å². The third-order valence-corrected chi connectivity index (χ3v) is 3.22. The first-order valence-electron chi connectivity index (χ1n) is 5.27. The largest absolute Gasteiger partial charge is 0.317 e. The monoisotopic (exact) mass is 286 g/mol. The molecule has 0 atom stereocenters. The molecule has 2 rings (SSSR count). The first-order chi connectivity index (χ1) is 7.58. The lowest BCUT2D eigenvalue weighted by molar-refractivity contribution is 0.489. The minimum Gasteiger partial charge on any atom is -0.317 e. The zero-order chi connectivity index (χ0) is 11.7. The van der Waals surface area contributed by atoms with Crippen LogP contribution in [-0.4, -0.2) is 28.9 Å². The zero-order valence-electron chi connectivity index (χ0n) is 9.40. The second-order valence-corrected chi connectivity index (χ2v) is 5.10. The molecule has 1 aliphatic rings. The molecule has 1 aromatic heterocycles. The van der Waals surface area contributed by atoms with Crippen molar-refractivity contribution >= 4 is 21.6 Å². The van der Waals surface area contributed by atoms with E-state index in [0.717, 1.165) is 6.54 Å². The zero-order valence-corrected chi connectivity index (χ0v) is 11.0. The Morgan fingerprint density at radius 2 is 2.31 bits per heavy atom. The van der Waals surface area contributed by atoms with Gasteiger partial charge in [0, 0.05) is 20.6 Å². The number of anilines is 1. The number of rotatable bonds is 4. The van der Waals surface area contributed by atoms with Gasteiger partial charge >= 0.3 is 0 Å². The Labute approximate surface area is 103 Å². The fraction of sp³-hybridized carbons (Fsp3) is 0.600. The van der Waals surface area contributed by atoms with E-state index in [2.05, 4.69) is 26.5 Å². The minimum absolute atomic E-state index is 0.0706. The molecule has 1 N–H and O–H groups in total. The highest BCUT2D eigenvalue weighted by Gasteiger charge is 2.23. The molecular formula is C10H15BrN4O. The van der Waals surface area contributed by atoms with Crippen LogP contribution >= 0.6 is 15.9 Å². The lowest BCUT2D eigenvalue weighted by Crippen LogP contribution is -2.28. The van der Waals surface area contributed by atoms with E-state index in [1.54, 1.807) is 11.2 Å². The van der Waals surface area contributed by atoms with E-state index in [1.807, 2.05) is 14.1 Å². The van der Waals surface area contributed by atoms with Gasteiger partial charge in [-0.2, -0.15) is 5.10 Å². The van der Waals surface area contributed by atoms with Crippen molar-refractivity contribution < 1.29 is 0 Å². The van der Waals surface area contributed by atoms with Gasteiger partial charge in [0.05, 0.1) is 11.9 Å². The molecule has 0 saturated heterocycles. The van der Waals surface area contributed by atoms with Crippen LogP contribution in [0.25, 0.3) is 0 Å². The molecular weight excluding hydrogens is 272 g/mol. The van der Waals surface area contributed by atoms with Crippen molar-refractivity contribution in [2.24, 2.45) is 5.92 Å². The molecule has 0 amide bonds. The molecule has 0 radical (unpaired) electrons. The van der Waals surface area contributed by atoms with Gasteiger partial charge in [0.2, 0.25) is 0 Å². The number of hydrogen-bond acceptors (Lipinski definition) is 4. The van der Waals surface area contributed by atoms with Crippen molar-refractivity contribution in [2.75, 3.05) is 19.5 Å². The summed E-state index contributed by atoms with van der Waals surface area (Å²) in [4.78, 5) is 11.9. The van der Waals surface area contributed by atoms with E-state index < -0.39 is 0 Å². The van der Waals surface area contributed by atoms with Crippen LogP contribution in [0.3, 0.4) is 0 Å². The van der Waals surface area contributed by atoms with Gasteiger partial charge in [-0.25, -0.2) is 9.69 Å². The van der Waals surface area contributed by atoms with Gasteiger partial charge in [0.1, 0.15) is 4.47 Å². The summed E-state index contributed by atoms with van der Waals surface area (Å²) in [6.45, 7) is 0.736. The first-order valence-corrected chi connectivity index (χ1v) is 6.07. The number of hydrogen-bond donors (Lipinski definition) is 1. The summed E-state index contributed by atoms with van der Waals surface area (Å²) in [6.07, 6.45) is 4.10. The molecule has 6 heteroatoms. The summed E-state index contributed by atoms with van der Waals surface area (Å²) in [7, 11) is 3.73. The molecule has 1 heterocycles. The summed E-state index contributed by atoms with van der Waals surface area (Å²) < 4.78 is 2.07. The van der Waals surface area contributed by atoms with Gasteiger partial charge in [-0.3, -0.25) is 4.79 Å². The fourth-order valence-corrected chi connectivity index (χ4v) is 1.85. The Balaban J connectivity index is 2.24. The number of halogens is 1. The molecule has 1 aliphatic carbocycles. The van der Waals surface area contributed by atoms with E-state index in [0.29, 0.717) is 16.1 Å². The third-order valence-electron chi connectivity index (χ3n) is 2.46. The van der Waals surface area contributed by atoms with Crippen LogP contribution in [0.1, 0.15) is 12.8 Å². The maximum absolute atomic E-state index is 11.9. The van der Waals surface area contributed by atoms with Crippen molar-refractivity contribution in [3.05, 3.63) is 21.0 Å². The van der Waals surface area contributed by atoms with Crippen molar-refractivity contribution in [1.29, 1.82) is 0 Å². The average molecular weight is 287 g/mol. The normalized spacial score (nSPS) is 15.5. The smallest absolute Gasteiger partial charge is 0.283 e. The topological polar surface area (TPSA) is 50.2 Å². The average Bonchev–Trinajstić information content (AvgIpc) is 3.01. The van der Waals surface area contributed by atoms with Crippen LogP contribution in [0.4, 0.5) is 5.69 Å². The second kappa shape index (κ2) is 4.55. The van der Waals surface area contributed by atoms with Gasteiger partial charge in [0.25, 0.3) is 5.56 Å². The van der Waals surface area contributed by atoms with Crippen molar-refractivity contribution in [1.82, 2.24) is 14.8 Å². The van der Waals surface area contributed by atoms with E-state index in [4.69, 9.17) is 0 Å². The van der Waals surface area contributed by atoms with Crippen LogP contribution in [0.15, 0.2) is 15.5 Å². The predicted octanol–water partition coefficient (Wildman–Crippen LogP) is 1.30. The Morgan fingerprint density at radius 3 is 2.88 bits per heavy atom. The second-order valence-electron chi connectivity index (χ2n) is 4.31. The third kappa shape index (κ3) is 2.62. The predicted molar refractivity (Wildman–Crippen MR) is 66.2 cm³/mol. The van der Waals surface area contributed by atoms with Crippen molar-refractivity contribution in [2.45, 2.75) is 19.4 Å². The molecule has 0 aliphatic heterocycles. The molecule has 16 heavy (non-hydrogen) atoms. The van der Waals surface area contributed by atoms with E-state index in [-0.39, 0.29) is 5.56 Å². The molecule has 0 aromatic carbocycles. The van der Waals surface area contributed by atoms with E-state index in [1.165, 1.54) is 17.5 Å². The SMILES string of the molecule is CN(C)Nc1cnn(CC2CC2)c(=O)c1Br. The fourth-order valence-electron chi connectivity index (χ4n) is 1.46. The Bertz CT molecular complexity index is 439. The van der Waals surface area contributed by atoms with E-state index in [9.17, 15) is 4.79 Å². The number of nitrogens with zero attached hydrogens (tertiary/aromatic N) is 3. The molecule has 1 aromatic rings. The first kappa shape index (κ1) is 11.6. The van der Waals surface area contributed by atoms with Crippen LogP contribution in [0.5, 0.6) is 0 Å². The molecule has 0 bridgehead atoms. The maximum Gasteiger partial charge on any atom is 0.283 e. The maximum atomic E-state index is 11.9. The summed E-state index contributed by atoms with van der Waals surface area (Å²) in [5.74, 6) is 0.643. The summed E-state index contributed by atoms with van der Waals surface area (Å²) >= 11 is 3.31.